The maximum atomic E-state index is 14.3. The number of sulfonamides is 1. The molecule has 3 aromatic rings. The molecule has 4 rings (SSSR count). The second-order valence-corrected chi connectivity index (χ2v) is 13.0. The molecule has 7 nitrogen and oxygen atoms in total. The van der Waals surface area contributed by atoms with Crippen LogP contribution in [0.4, 0.5) is 5.69 Å². The maximum Gasteiger partial charge on any atom is 0.264 e. The van der Waals surface area contributed by atoms with Crippen molar-refractivity contribution in [2.45, 2.75) is 82.3 Å². The van der Waals surface area contributed by atoms with E-state index in [0.717, 1.165) is 37.7 Å². The number of anilines is 1. The zero-order valence-electron chi connectivity index (χ0n) is 24.3. The Kier molecular flexibility index (Phi) is 11.0. The van der Waals surface area contributed by atoms with Crippen LogP contribution in [0.2, 0.25) is 5.02 Å². The van der Waals surface area contributed by atoms with Crippen molar-refractivity contribution in [1.82, 2.24) is 10.2 Å². The molecule has 224 valence electrons. The first-order chi connectivity index (χ1) is 20.3. The Labute approximate surface area is 254 Å². The monoisotopic (exact) mass is 609 g/mol. The smallest absolute Gasteiger partial charge is 0.264 e. The standard InChI is InChI=1S/C33H40ClN3O4S/c1-3-25-15-12-14-22-31(25)37(42(40,41)28-19-9-6-10-20-28)24-32(38)36(23-26-16-11-13-21-29(26)34)30(4-2)33(39)35-27-17-7-5-8-18-27/h6,9-16,19-22,27,30H,3-5,7-8,17-18,23-24H2,1-2H3,(H,35,39)/t30-/m1/s1. The van der Waals surface area contributed by atoms with Gasteiger partial charge in [-0.3, -0.25) is 13.9 Å². The minimum absolute atomic E-state index is 0.0731. The average molecular weight is 610 g/mol. The predicted octanol–water partition coefficient (Wildman–Crippen LogP) is 6.35. The van der Waals surface area contributed by atoms with Gasteiger partial charge in [-0.1, -0.05) is 99.3 Å². The zero-order chi connectivity index (χ0) is 30.1. The molecule has 0 heterocycles. The Bertz CT molecular complexity index is 1460. The summed E-state index contributed by atoms with van der Waals surface area (Å²) in [4.78, 5) is 29.6. The number of nitrogens with one attached hydrogen (secondary N) is 1. The molecule has 0 unspecified atom stereocenters. The van der Waals surface area contributed by atoms with Gasteiger partial charge in [0.1, 0.15) is 12.6 Å². The number of nitrogens with zero attached hydrogens (tertiary/aromatic N) is 2. The Morgan fingerprint density at radius 3 is 2.14 bits per heavy atom. The maximum absolute atomic E-state index is 14.3. The number of aryl methyl sites for hydroxylation is 1. The molecule has 1 aliphatic carbocycles. The van der Waals surface area contributed by atoms with Gasteiger partial charge in [0.2, 0.25) is 11.8 Å². The van der Waals surface area contributed by atoms with Gasteiger partial charge in [-0.15, -0.1) is 0 Å². The fraction of sp³-hybridized carbons (Fsp3) is 0.394. The van der Waals surface area contributed by atoms with Crippen LogP contribution in [0.3, 0.4) is 0 Å². The molecule has 9 heteroatoms. The van der Waals surface area contributed by atoms with Crippen LogP contribution in [0.15, 0.2) is 83.8 Å². The summed E-state index contributed by atoms with van der Waals surface area (Å²) in [6, 6.07) is 21.8. The molecule has 1 fully saturated rings. The lowest BCUT2D eigenvalue weighted by Crippen LogP contribution is -2.54. The highest BCUT2D eigenvalue weighted by molar-refractivity contribution is 7.92. The Morgan fingerprint density at radius 1 is 0.881 bits per heavy atom. The van der Waals surface area contributed by atoms with Crippen LogP contribution in [0.5, 0.6) is 0 Å². The normalized spacial score (nSPS) is 14.6. The van der Waals surface area contributed by atoms with Gasteiger partial charge in [-0.05, 0) is 61.1 Å². The SMILES string of the molecule is CCc1ccccc1N(CC(=O)N(Cc1ccccc1Cl)[C@H](CC)C(=O)NC1CCCCC1)S(=O)(=O)c1ccccc1. The summed E-state index contributed by atoms with van der Waals surface area (Å²) in [5.74, 6) is -0.706. The van der Waals surface area contributed by atoms with E-state index in [4.69, 9.17) is 11.6 Å². The summed E-state index contributed by atoms with van der Waals surface area (Å²) in [6.07, 6.45) is 6.06. The van der Waals surface area contributed by atoms with Crippen molar-refractivity contribution in [2.24, 2.45) is 0 Å². The van der Waals surface area contributed by atoms with E-state index in [1.807, 2.05) is 38.1 Å². The second-order valence-electron chi connectivity index (χ2n) is 10.7. The number of halogens is 1. The number of carbonyl (C=O) groups excluding carboxylic acids is 2. The van der Waals surface area contributed by atoms with E-state index in [0.29, 0.717) is 29.1 Å². The van der Waals surface area contributed by atoms with Gasteiger partial charge >= 0.3 is 0 Å². The Hall–Kier alpha value is -3.36. The number of hydrogen-bond acceptors (Lipinski definition) is 4. The second kappa shape index (κ2) is 14.7. The zero-order valence-corrected chi connectivity index (χ0v) is 25.9. The highest BCUT2D eigenvalue weighted by atomic mass is 35.5. The van der Waals surface area contributed by atoms with Gasteiger partial charge in [0.15, 0.2) is 0 Å². The fourth-order valence-electron chi connectivity index (χ4n) is 5.56. The van der Waals surface area contributed by atoms with Crippen LogP contribution >= 0.6 is 11.6 Å². The molecule has 42 heavy (non-hydrogen) atoms. The third-order valence-corrected chi connectivity index (χ3v) is 10.0. The number of carbonyl (C=O) groups is 2. The molecule has 1 atom stereocenters. The molecular weight excluding hydrogens is 570 g/mol. The van der Waals surface area contributed by atoms with E-state index in [2.05, 4.69) is 5.32 Å². The minimum atomic E-state index is -4.11. The molecule has 0 bridgehead atoms. The number of para-hydroxylation sites is 1. The largest absolute Gasteiger partial charge is 0.352 e. The van der Waals surface area contributed by atoms with Gasteiger partial charge in [-0.25, -0.2) is 8.42 Å². The highest BCUT2D eigenvalue weighted by Gasteiger charge is 2.35. The molecule has 2 amide bonds. The lowest BCUT2D eigenvalue weighted by Gasteiger charge is -2.35. The number of hydrogen-bond donors (Lipinski definition) is 1. The quantitative estimate of drug-likeness (QED) is 0.259. The predicted molar refractivity (Wildman–Crippen MR) is 168 cm³/mol. The number of rotatable bonds is 12. The highest BCUT2D eigenvalue weighted by Crippen LogP contribution is 2.29. The van der Waals surface area contributed by atoms with Crippen LogP contribution < -0.4 is 9.62 Å². The van der Waals surface area contributed by atoms with Crippen LogP contribution in [-0.4, -0.2) is 43.8 Å². The third-order valence-electron chi connectivity index (χ3n) is 7.89. The molecule has 0 saturated heterocycles. The summed E-state index contributed by atoms with van der Waals surface area (Å²) in [5, 5.41) is 3.64. The van der Waals surface area contributed by atoms with Crippen molar-refractivity contribution < 1.29 is 18.0 Å². The molecular formula is C33H40ClN3O4S. The molecule has 3 aromatic carbocycles. The first-order valence-corrected chi connectivity index (χ1v) is 16.6. The summed E-state index contributed by atoms with van der Waals surface area (Å²) in [7, 11) is -4.11. The summed E-state index contributed by atoms with van der Waals surface area (Å²) < 4.78 is 29.3. The van der Waals surface area contributed by atoms with Crippen LogP contribution in [-0.2, 0) is 32.6 Å². The van der Waals surface area contributed by atoms with E-state index in [-0.39, 0.29) is 23.4 Å². The van der Waals surface area contributed by atoms with Gasteiger partial charge in [0, 0.05) is 17.6 Å². The molecule has 0 spiro atoms. The molecule has 1 saturated carbocycles. The molecule has 0 aromatic heterocycles. The first kappa shape index (κ1) is 31.6. The fourth-order valence-corrected chi connectivity index (χ4v) is 7.23. The van der Waals surface area contributed by atoms with E-state index in [1.54, 1.807) is 42.5 Å². The molecule has 0 aliphatic heterocycles. The summed E-state index contributed by atoms with van der Waals surface area (Å²) in [6.45, 7) is 3.42. The number of benzene rings is 3. The first-order valence-electron chi connectivity index (χ1n) is 14.7. The van der Waals surface area contributed by atoms with Crippen molar-refractivity contribution in [3.8, 4) is 0 Å². The van der Waals surface area contributed by atoms with E-state index in [9.17, 15) is 18.0 Å². The third kappa shape index (κ3) is 7.53. The van der Waals surface area contributed by atoms with Crippen molar-refractivity contribution in [1.29, 1.82) is 0 Å². The van der Waals surface area contributed by atoms with Gasteiger partial charge in [0.05, 0.1) is 10.6 Å². The van der Waals surface area contributed by atoms with E-state index >= 15 is 0 Å². The molecule has 1 aliphatic rings. The molecule has 0 radical (unpaired) electrons. The van der Waals surface area contributed by atoms with Gasteiger partial charge in [0.25, 0.3) is 10.0 Å². The van der Waals surface area contributed by atoms with E-state index < -0.39 is 28.5 Å². The Morgan fingerprint density at radius 2 is 1.50 bits per heavy atom. The van der Waals surface area contributed by atoms with Crippen LogP contribution in [0.1, 0.15) is 63.5 Å². The lowest BCUT2D eigenvalue weighted by molar-refractivity contribution is -0.140. The van der Waals surface area contributed by atoms with E-state index in [1.165, 1.54) is 21.3 Å². The van der Waals surface area contributed by atoms with Gasteiger partial charge in [-0.2, -0.15) is 0 Å². The Balaban J connectivity index is 1.73. The summed E-state index contributed by atoms with van der Waals surface area (Å²) >= 11 is 6.51. The van der Waals surface area contributed by atoms with Crippen molar-refractivity contribution in [3.63, 3.8) is 0 Å². The van der Waals surface area contributed by atoms with Crippen molar-refractivity contribution in [3.05, 3.63) is 95.0 Å². The van der Waals surface area contributed by atoms with Crippen molar-refractivity contribution >= 4 is 39.1 Å². The molecule has 1 N–H and O–H groups in total. The lowest BCUT2D eigenvalue weighted by atomic mass is 9.95. The minimum Gasteiger partial charge on any atom is -0.352 e. The van der Waals surface area contributed by atoms with Crippen molar-refractivity contribution in [2.75, 3.05) is 10.8 Å². The summed E-state index contributed by atoms with van der Waals surface area (Å²) in [5.41, 5.74) is 1.92. The van der Waals surface area contributed by atoms with Crippen LogP contribution in [0.25, 0.3) is 0 Å². The van der Waals surface area contributed by atoms with Gasteiger partial charge < -0.3 is 10.2 Å². The number of amides is 2. The average Bonchev–Trinajstić information content (AvgIpc) is 3.01. The van der Waals surface area contributed by atoms with Crippen LogP contribution in [0, 0.1) is 0 Å². The topological polar surface area (TPSA) is 86.8 Å².